The van der Waals surface area contributed by atoms with Crippen molar-refractivity contribution in [1.82, 2.24) is 0 Å². The van der Waals surface area contributed by atoms with Gasteiger partial charge in [-0.1, -0.05) is 27.7 Å². The van der Waals surface area contributed by atoms with Gasteiger partial charge in [0.15, 0.2) is 0 Å². The minimum absolute atomic E-state index is 0. The summed E-state index contributed by atoms with van der Waals surface area (Å²) in [6, 6.07) is 0. The van der Waals surface area contributed by atoms with Gasteiger partial charge in [0, 0.05) is 23.9 Å². The maximum Gasteiger partial charge on any atom is 4.00 e. The Kier molecular flexibility index (Phi) is 167. The molecule has 0 aliphatic rings. The second-order valence-electron chi connectivity index (χ2n) is 2.90. The van der Waals surface area contributed by atoms with Crippen LogP contribution in [0.1, 0.15) is 53.4 Å². The van der Waals surface area contributed by atoms with E-state index >= 15 is 0 Å². The number of carboxylic acid groups (broad SMARTS) is 4. The molecule has 0 amide bonds. The zero-order valence-electron chi connectivity index (χ0n) is 15.2. The number of rotatable bonds is 4. The molecule has 0 N–H and O–H groups in total. The van der Waals surface area contributed by atoms with Gasteiger partial charge in [-0.3, -0.25) is 0 Å². The molecule has 0 atom stereocenters. The van der Waals surface area contributed by atoms with Gasteiger partial charge >= 0.3 is 78.6 Å². The van der Waals surface area contributed by atoms with Gasteiger partial charge in [-0.15, -0.1) is 0 Å². The van der Waals surface area contributed by atoms with Crippen molar-refractivity contribution in [2.75, 3.05) is 0 Å². The van der Waals surface area contributed by atoms with Gasteiger partial charge in [0.05, 0.1) is 0 Å². The minimum atomic E-state index is -0.995. The molecule has 0 saturated carbocycles. The SMILES string of the molecule is CCC(=O)[O-].CCC(=O)[O-].CCC(=O)[O-].CCC(=O)[O-].[O-2].[O-2].[O-2].[O-2].[Zr+4].[Zr+4].[Zr+4]. The Bertz CT molecular complexity index is 235. The van der Waals surface area contributed by atoms with Crippen LogP contribution in [0.15, 0.2) is 0 Å². The number of aliphatic carboxylic acids is 4. The second kappa shape index (κ2) is 63.3. The molecule has 0 fully saturated rings. The van der Waals surface area contributed by atoms with E-state index in [1.165, 1.54) is 27.7 Å². The number of carbonyl (C=O) groups excluding carboxylic acids is 4. The zero-order valence-corrected chi connectivity index (χ0v) is 22.6. The number of hydrogen-bond acceptors (Lipinski definition) is 8. The summed E-state index contributed by atoms with van der Waals surface area (Å²) in [7, 11) is 0. The van der Waals surface area contributed by atoms with Crippen LogP contribution in [0.5, 0.6) is 0 Å². The summed E-state index contributed by atoms with van der Waals surface area (Å²) in [5, 5.41) is 37.0. The molecule has 27 heavy (non-hydrogen) atoms. The summed E-state index contributed by atoms with van der Waals surface area (Å²) in [6.45, 7) is 6.15. The molecular weight excluding hydrogens is 610 g/mol. The van der Waals surface area contributed by atoms with Crippen molar-refractivity contribution in [2.45, 2.75) is 53.4 Å². The van der Waals surface area contributed by atoms with Crippen LogP contribution in [-0.2, 0) is 120 Å². The molecule has 0 spiro atoms. The molecule has 0 aliphatic heterocycles. The monoisotopic (exact) mass is 626 g/mol. The predicted molar refractivity (Wildman–Crippen MR) is 63.9 cm³/mol. The average molecular weight is 630 g/mol. The van der Waals surface area contributed by atoms with E-state index in [1.807, 2.05) is 0 Å². The van der Waals surface area contributed by atoms with E-state index < -0.39 is 23.9 Å². The van der Waals surface area contributed by atoms with E-state index in [9.17, 15) is 39.6 Å². The summed E-state index contributed by atoms with van der Waals surface area (Å²) < 4.78 is 0. The topological polar surface area (TPSA) is 275 Å². The fourth-order valence-electron chi connectivity index (χ4n) is 0. The van der Waals surface area contributed by atoms with Crippen LogP contribution in [0.4, 0.5) is 0 Å². The Labute approximate surface area is 215 Å². The van der Waals surface area contributed by atoms with Crippen molar-refractivity contribution in [3.05, 3.63) is 0 Å². The maximum absolute atomic E-state index is 9.26. The Morgan fingerprint density at radius 3 is 0.481 bits per heavy atom. The molecule has 0 bridgehead atoms. The largest absolute Gasteiger partial charge is 4.00 e. The summed E-state index contributed by atoms with van der Waals surface area (Å²) in [4.78, 5) is 37.0. The molecule has 0 radical (unpaired) electrons. The molecule has 0 unspecified atom stereocenters. The summed E-state index contributed by atoms with van der Waals surface area (Å²) in [5.74, 6) is -3.98. The molecule has 15 heteroatoms. The van der Waals surface area contributed by atoms with Crippen LogP contribution in [0.2, 0.25) is 0 Å². The van der Waals surface area contributed by atoms with Crippen LogP contribution < -0.4 is 20.4 Å². The van der Waals surface area contributed by atoms with Crippen LogP contribution in [0.25, 0.3) is 0 Å². The molecule has 0 rings (SSSR count). The van der Waals surface area contributed by atoms with Crippen LogP contribution in [0.3, 0.4) is 0 Å². The van der Waals surface area contributed by atoms with E-state index in [4.69, 9.17) is 0 Å². The molecule has 0 aliphatic carbocycles. The summed E-state index contributed by atoms with van der Waals surface area (Å²) in [5.41, 5.74) is 0. The molecule has 0 aromatic carbocycles. The number of carboxylic acids is 4. The van der Waals surface area contributed by atoms with Gasteiger partial charge in [0.25, 0.3) is 0 Å². The minimum Gasteiger partial charge on any atom is -2.00 e. The Morgan fingerprint density at radius 2 is 0.481 bits per heavy atom. The van der Waals surface area contributed by atoms with Crippen LogP contribution >= 0.6 is 0 Å². The Balaban J connectivity index is -0.0000000129. The molecule has 152 valence electrons. The van der Waals surface area contributed by atoms with Crippen molar-refractivity contribution in [3.63, 3.8) is 0 Å². The Hall–Kier alpha value is 0.369. The standard InChI is InChI=1S/4C3H6O2.4O.3Zr/c4*1-2-3(4)5;;;;;;;/h4*2H2,1H3,(H,4,5);;;;;;;/q;;;;4*-2;3*+4/p-4. The van der Waals surface area contributed by atoms with E-state index in [1.54, 1.807) is 0 Å². The quantitative estimate of drug-likeness (QED) is 0.295. The van der Waals surface area contributed by atoms with E-state index in [0.717, 1.165) is 0 Å². The first kappa shape index (κ1) is 71.0. The van der Waals surface area contributed by atoms with Gasteiger partial charge in [-0.05, 0) is 25.7 Å². The van der Waals surface area contributed by atoms with Gasteiger partial charge in [-0.2, -0.15) is 0 Å². The van der Waals surface area contributed by atoms with E-state index in [-0.39, 0.29) is 126 Å². The van der Waals surface area contributed by atoms with Gasteiger partial charge in [-0.25, -0.2) is 0 Å². The predicted octanol–water partition coefficient (Wildman–Crippen LogP) is -3.90. The number of hydrogen-bond donors (Lipinski definition) is 0. The van der Waals surface area contributed by atoms with Crippen LogP contribution in [-0.4, -0.2) is 23.9 Å². The van der Waals surface area contributed by atoms with Gasteiger partial charge < -0.3 is 61.5 Å². The Morgan fingerprint density at radius 1 is 0.444 bits per heavy atom. The molecule has 0 aromatic heterocycles. The molecule has 0 saturated heterocycles. The third-order valence-electron chi connectivity index (χ3n) is 1.15. The first-order chi connectivity index (χ1) is 9.08. The molecule has 0 aromatic rings. The smallest absolute Gasteiger partial charge is 2.00 e. The van der Waals surface area contributed by atoms with Gasteiger partial charge in [0.2, 0.25) is 0 Å². The van der Waals surface area contributed by atoms with E-state index in [2.05, 4.69) is 0 Å². The fourth-order valence-corrected chi connectivity index (χ4v) is 0. The molecule has 0 heterocycles. The van der Waals surface area contributed by atoms with Crippen molar-refractivity contribution in [2.24, 2.45) is 0 Å². The summed E-state index contributed by atoms with van der Waals surface area (Å²) >= 11 is 0. The normalized spacial score (nSPS) is 5.48. The molecule has 12 nitrogen and oxygen atoms in total. The first-order valence-corrected chi connectivity index (χ1v) is 5.88. The third kappa shape index (κ3) is 224. The first-order valence-electron chi connectivity index (χ1n) is 5.88. The molecular formula is C12H20O12Zr3. The number of carbonyl (C=O) groups is 4. The van der Waals surface area contributed by atoms with Crippen molar-refractivity contribution < 1.29 is 140 Å². The van der Waals surface area contributed by atoms with Crippen molar-refractivity contribution in [1.29, 1.82) is 0 Å². The van der Waals surface area contributed by atoms with Crippen molar-refractivity contribution in [3.8, 4) is 0 Å². The summed E-state index contributed by atoms with van der Waals surface area (Å²) in [6.07, 6.45) is 0.444. The van der Waals surface area contributed by atoms with Crippen LogP contribution in [0, 0.1) is 0 Å². The van der Waals surface area contributed by atoms with Crippen molar-refractivity contribution >= 4 is 23.9 Å². The third-order valence-corrected chi connectivity index (χ3v) is 1.15. The average Bonchev–Trinajstić information content (AvgIpc) is 2.40. The fraction of sp³-hybridized carbons (Fsp3) is 0.667. The maximum atomic E-state index is 9.26. The zero-order chi connectivity index (χ0) is 17.1. The van der Waals surface area contributed by atoms with Gasteiger partial charge in [0.1, 0.15) is 0 Å². The van der Waals surface area contributed by atoms with E-state index in [0.29, 0.717) is 0 Å². The second-order valence-corrected chi connectivity index (χ2v) is 2.90.